The van der Waals surface area contributed by atoms with Gasteiger partial charge in [-0.25, -0.2) is 8.42 Å². The summed E-state index contributed by atoms with van der Waals surface area (Å²) >= 11 is 0. The predicted molar refractivity (Wildman–Crippen MR) is 79.4 cm³/mol. The van der Waals surface area contributed by atoms with E-state index in [1.54, 1.807) is 12.3 Å². The molecule has 0 amide bonds. The lowest BCUT2D eigenvalue weighted by atomic mass is 10.2. The molecule has 2 N–H and O–H groups in total. The van der Waals surface area contributed by atoms with Crippen LogP contribution in [-0.4, -0.2) is 43.1 Å². The second-order valence-corrected chi connectivity index (χ2v) is 7.71. The van der Waals surface area contributed by atoms with Crippen LogP contribution in [0.15, 0.2) is 17.2 Å². The molecule has 1 saturated heterocycles. The molecule has 7 heteroatoms. The molecule has 2 heterocycles. The number of nitrogens with zero attached hydrogens (tertiary/aromatic N) is 2. The van der Waals surface area contributed by atoms with E-state index in [4.69, 9.17) is 10.5 Å². The zero-order valence-corrected chi connectivity index (χ0v) is 13.2. The molecule has 2 aliphatic rings. The van der Waals surface area contributed by atoms with Gasteiger partial charge in [-0.05, 0) is 25.3 Å². The second-order valence-electron chi connectivity index (χ2n) is 5.77. The first-order valence-electron chi connectivity index (χ1n) is 7.58. The van der Waals surface area contributed by atoms with E-state index in [0.717, 1.165) is 25.0 Å². The monoisotopic (exact) mass is 313 g/mol. The highest BCUT2D eigenvalue weighted by molar-refractivity contribution is 7.89. The smallest absolute Gasteiger partial charge is 0.244 e. The SMILES string of the molecule is CCC1CN(S(=O)(=O)c2cc(CN)n(C3CC3)c2)CCO1. The molecular formula is C14H23N3O3S. The number of hydrogen-bond donors (Lipinski definition) is 1. The van der Waals surface area contributed by atoms with Crippen molar-refractivity contribution in [2.24, 2.45) is 5.73 Å². The predicted octanol–water partition coefficient (Wildman–Crippen LogP) is 1.08. The minimum atomic E-state index is -3.45. The summed E-state index contributed by atoms with van der Waals surface area (Å²) in [5.74, 6) is 0. The van der Waals surface area contributed by atoms with Crippen LogP contribution in [0, 0.1) is 0 Å². The summed E-state index contributed by atoms with van der Waals surface area (Å²) in [5.41, 5.74) is 6.65. The Labute approximate surface area is 125 Å². The average molecular weight is 313 g/mol. The van der Waals surface area contributed by atoms with Gasteiger partial charge in [0.2, 0.25) is 10.0 Å². The summed E-state index contributed by atoms with van der Waals surface area (Å²) in [7, 11) is -3.45. The molecule has 3 rings (SSSR count). The number of ether oxygens (including phenoxy) is 1. The van der Waals surface area contributed by atoms with Gasteiger partial charge in [-0.3, -0.25) is 0 Å². The van der Waals surface area contributed by atoms with Gasteiger partial charge >= 0.3 is 0 Å². The molecule has 1 aromatic rings. The third-order valence-corrected chi connectivity index (χ3v) is 6.08. The first-order chi connectivity index (χ1) is 10.1. The minimum Gasteiger partial charge on any atom is -0.375 e. The van der Waals surface area contributed by atoms with E-state index >= 15 is 0 Å². The van der Waals surface area contributed by atoms with Gasteiger partial charge in [-0.15, -0.1) is 0 Å². The molecule has 0 bridgehead atoms. The molecule has 1 aliphatic carbocycles. The average Bonchev–Trinajstić information content (AvgIpc) is 3.25. The van der Waals surface area contributed by atoms with E-state index in [-0.39, 0.29) is 6.10 Å². The molecule has 1 atom stereocenters. The van der Waals surface area contributed by atoms with E-state index in [1.807, 2.05) is 11.5 Å². The molecule has 1 aromatic heterocycles. The van der Waals surface area contributed by atoms with E-state index in [1.165, 1.54) is 4.31 Å². The quantitative estimate of drug-likeness (QED) is 0.882. The van der Waals surface area contributed by atoms with Gasteiger partial charge in [0.1, 0.15) is 4.90 Å². The van der Waals surface area contributed by atoms with Crippen LogP contribution in [-0.2, 0) is 21.3 Å². The van der Waals surface area contributed by atoms with Crippen molar-refractivity contribution in [2.75, 3.05) is 19.7 Å². The van der Waals surface area contributed by atoms with Crippen LogP contribution in [0.4, 0.5) is 0 Å². The third-order valence-electron chi connectivity index (χ3n) is 4.25. The molecule has 118 valence electrons. The lowest BCUT2D eigenvalue weighted by Gasteiger charge is -2.31. The maximum absolute atomic E-state index is 12.8. The third kappa shape index (κ3) is 2.88. The fraction of sp³-hybridized carbons (Fsp3) is 0.714. The largest absolute Gasteiger partial charge is 0.375 e. The summed E-state index contributed by atoms with van der Waals surface area (Å²) in [6.45, 7) is 3.70. The first-order valence-corrected chi connectivity index (χ1v) is 9.02. The second kappa shape index (κ2) is 5.72. The highest BCUT2D eigenvalue weighted by Crippen LogP contribution is 2.37. The van der Waals surface area contributed by atoms with Crippen LogP contribution in [0.5, 0.6) is 0 Å². The van der Waals surface area contributed by atoms with Crippen LogP contribution in [0.2, 0.25) is 0 Å². The molecule has 1 unspecified atom stereocenters. The Morgan fingerprint density at radius 2 is 2.19 bits per heavy atom. The Balaban J connectivity index is 1.87. The summed E-state index contributed by atoms with van der Waals surface area (Å²) in [5, 5.41) is 0. The zero-order valence-electron chi connectivity index (χ0n) is 12.4. The highest BCUT2D eigenvalue weighted by Gasteiger charge is 2.33. The van der Waals surface area contributed by atoms with Crippen molar-refractivity contribution in [1.29, 1.82) is 0 Å². The number of rotatable bonds is 5. The van der Waals surface area contributed by atoms with Crippen molar-refractivity contribution in [2.45, 2.75) is 49.8 Å². The summed E-state index contributed by atoms with van der Waals surface area (Å²) in [6.07, 6.45) is 4.79. The minimum absolute atomic E-state index is 0.00646. The Kier molecular flexibility index (Phi) is 4.09. The lowest BCUT2D eigenvalue weighted by Crippen LogP contribution is -2.45. The standard InChI is InChI=1S/C14H23N3O3S/c1-2-13-9-16(5-6-20-13)21(18,19)14-7-12(8-15)17(10-14)11-3-4-11/h7,10-11,13H,2-6,8-9,15H2,1H3. The van der Waals surface area contributed by atoms with Gasteiger partial charge in [-0.1, -0.05) is 6.92 Å². The van der Waals surface area contributed by atoms with E-state index < -0.39 is 10.0 Å². The van der Waals surface area contributed by atoms with Crippen molar-refractivity contribution in [3.63, 3.8) is 0 Å². The van der Waals surface area contributed by atoms with Gasteiger partial charge in [0.15, 0.2) is 0 Å². The topological polar surface area (TPSA) is 77.6 Å². The van der Waals surface area contributed by atoms with Crippen LogP contribution in [0.3, 0.4) is 0 Å². The number of nitrogens with two attached hydrogens (primary N) is 1. The van der Waals surface area contributed by atoms with Crippen molar-refractivity contribution >= 4 is 10.0 Å². The maximum atomic E-state index is 12.8. The van der Waals surface area contributed by atoms with Crippen LogP contribution >= 0.6 is 0 Å². The molecular weight excluding hydrogens is 290 g/mol. The Morgan fingerprint density at radius 3 is 2.81 bits per heavy atom. The van der Waals surface area contributed by atoms with Crippen molar-refractivity contribution in [3.05, 3.63) is 18.0 Å². The molecule has 0 spiro atoms. The Hall–Kier alpha value is -0.890. The molecule has 21 heavy (non-hydrogen) atoms. The fourth-order valence-corrected chi connectivity index (χ4v) is 4.31. The summed E-state index contributed by atoms with van der Waals surface area (Å²) < 4.78 is 34.7. The number of aromatic nitrogens is 1. The number of hydrogen-bond acceptors (Lipinski definition) is 4. The van der Waals surface area contributed by atoms with Gasteiger partial charge in [0.25, 0.3) is 0 Å². The first kappa shape index (κ1) is 15.0. The van der Waals surface area contributed by atoms with Crippen molar-refractivity contribution in [1.82, 2.24) is 8.87 Å². The number of morpholine rings is 1. The van der Waals surface area contributed by atoms with Gasteiger partial charge in [0, 0.05) is 37.6 Å². The fourth-order valence-electron chi connectivity index (χ4n) is 2.80. The molecule has 0 aromatic carbocycles. The molecule has 1 aliphatic heterocycles. The molecule has 1 saturated carbocycles. The Morgan fingerprint density at radius 1 is 1.43 bits per heavy atom. The van der Waals surface area contributed by atoms with Crippen LogP contribution in [0.25, 0.3) is 0 Å². The normalized spacial score (nSPS) is 24.4. The summed E-state index contributed by atoms with van der Waals surface area (Å²) in [6, 6.07) is 2.16. The highest BCUT2D eigenvalue weighted by atomic mass is 32.2. The van der Waals surface area contributed by atoms with Crippen LogP contribution in [0.1, 0.15) is 37.9 Å². The van der Waals surface area contributed by atoms with Gasteiger partial charge < -0.3 is 15.0 Å². The van der Waals surface area contributed by atoms with Crippen LogP contribution < -0.4 is 5.73 Å². The van der Waals surface area contributed by atoms with E-state index in [2.05, 4.69) is 0 Å². The van der Waals surface area contributed by atoms with Crippen molar-refractivity contribution < 1.29 is 13.2 Å². The zero-order chi connectivity index (χ0) is 15.0. The molecule has 6 nitrogen and oxygen atoms in total. The van der Waals surface area contributed by atoms with Crippen molar-refractivity contribution in [3.8, 4) is 0 Å². The van der Waals surface area contributed by atoms with E-state index in [9.17, 15) is 8.42 Å². The Bertz CT molecular complexity index is 607. The van der Waals surface area contributed by atoms with Gasteiger partial charge in [0.05, 0.1) is 12.7 Å². The molecule has 0 radical (unpaired) electrons. The maximum Gasteiger partial charge on any atom is 0.244 e. The lowest BCUT2D eigenvalue weighted by molar-refractivity contribution is -0.00277. The van der Waals surface area contributed by atoms with Gasteiger partial charge in [-0.2, -0.15) is 4.31 Å². The van der Waals surface area contributed by atoms with E-state index in [0.29, 0.717) is 37.2 Å². The number of sulfonamides is 1. The molecule has 2 fully saturated rings. The summed E-state index contributed by atoms with van der Waals surface area (Å²) in [4.78, 5) is 0.367.